The Labute approximate surface area is 317 Å². The van der Waals surface area contributed by atoms with E-state index in [2.05, 4.69) is 38.2 Å². The number of ether oxygens (including phenoxy) is 1. The van der Waals surface area contributed by atoms with E-state index < -0.39 is 18.2 Å². The van der Waals surface area contributed by atoms with E-state index in [1.165, 1.54) is 122 Å². The summed E-state index contributed by atoms with van der Waals surface area (Å²) in [5.74, 6) is -0.485. The fourth-order valence-corrected chi connectivity index (χ4v) is 6.90. The number of aliphatic hydroxyl groups is 2. The molecule has 0 aromatic heterocycles. The van der Waals surface area contributed by atoms with Crippen LogP contribution in [0.2, 0.25) is 0 Å². The maximum absolute atomic E-state index is 13.0. The van der Waals surface area contributed by atoms with Gasteiger partial charge in [0.1, 0.15) is 6.10 Å². The zero-order valence-electron chi connectivity index (χ0n) is 34.3. The largest absolute Gasteiger partial charge is 0.462 e. The van der Waals surface area contributed by atoms with Gasteiger partial charge in [-0.25, -0.2) is 0 Å². The van der Waals surface area contributed by atoms with Gasteiger partial charge >= 0.3 is 5.97 Å². The van der Waals surface area contributed by atoms with E-state index >= 15 is 0 Å². The number of carbonyl (C=O) groups excluding carboxylic acids is 2. The number of nitrogens with one attached hydrogen (secondary N) is 1. The minimum atomic E-state index is -0.782. The zero-order chi connectivity index (χ0) is 37.5. The number of carbonyl (C=O) groups is 2. The summed E-state index contributed by atoms with van der Waals surface area (Å²) in [6, 6.07) is -0.696. The lowest BCUT2D eigenvalue weighted by molar-refractivity contribution is -0.151. The van der Waals surface area contributed by atoms with Gasteiger partial charge in [0.05, 0.1) is 25.2 Å². The van der Waals surface area contributed by atoms with Crippen molar-refractivity contribution in [2.45, 2.75) is 257 Å². The molecule has 0 aliphatic rings. The molecule has 6 heteroatoms. The van der Waals surface area contributed by atoms with Gasteiger partial charge in [0.25, 0.3) is 0 Å². The molecular formula is C45H87NO5. The fraction of sp³-hybridized carbons (Fsp3) is 0.911. The second-order valence-corrected chi connectivity index (χ2v) is 15.5. The van der Waals surface area contributed by atoms with E-state index in [0.29, 0.717) is 19.3 Å². The molecule has 6 nitrogen and oxygen atoms in total. The topological polar surface area (TPSA) is 95.9 Å². The van der Waals surface area contributed by atoms with E-state index in [1.807, 2.05) is 0 Å². The van der Waals surface area contributed by atoms with E-state index in [0.717, 1.165) is 70.6 Å². The maximum Gasteiger partial charge on any atom is 0.306 e. The molecule has 3 N–H and O–H groups in total. The van der Waals surface area contributed by atoms with Gasteiger partial charge in [-0.2, -0.15) is 0 Å². The van der Waals surface area contributed by atoms with Crippen molar-refractivity contribution in [3.05, 3.63) is 12.2 Å². The summed E-state index contributed by atoms with van der Waals surface area (Å²) in [5, 5.41) is 23.5. The normalized spacial score (nSPS) is 13.4. The SMILES string of the molecule is CCC/C=C\CCCCCC(CC(=O)NC(CO)C(O)CCCCCCCCCCC)OC(=O)CCCCCCCCCCCCCCCCC. The van der Waals surface area contributed by atoms with E-state index in [9.17, 15) is 19.8 Å². The summed E-state index contributed by atoms with van der Waals surface area (Å²) in [4.78, 5) is 25.8. The average molecular weight is 722 g/mol. The van der Waals surface area contributed by atoms with Crippen molar-refractivity contribution in [3.63, 3.8) is 0 Å². The Balaban J connectivity index is 4.45. The third-order valence-electron chi connectivity index (χ3n) is 10.3. The second kappa shape index (κ2) is 39.8. The van der Waals surface area contributed by atoms with Crippen molar-refractivity contribution in [3.8, 4) is 0 Å². The first-order valence-corrected chi connectivity index (χ1v) is 22.4. The lowest BCUT2D eigenvalue weighted by atomic mass is 10.0. The van der Waals surface area contributed by atoms with Gasteiger partial charge in [0, 0.05) is 6.42 Å². The number of rotatable bonds is 40. The van der Waals surface area contributed by atoms with Crippen LogP contribution >= 0.6 is 0 Å². The summed E-state index contributed by atoms with van der Waals surface area (Å²) < 4.78 is 5.87. The van der Waals surface area contributed by atoms with Crippen LogP contribution in [0.4, 0.5) is 0 Å². The van der Waals surface area contributed by atoms with Crippen molar-refractivity contribution in [1.82, 2.24) is 5.32 Å². The number of aliphatic hydroxyl groups excluding tert-OH is 2. The molecule has 0 heterocycles. The van der Waals surface area contributed by atoms with Crippen molar-refractivity contribution in [2.75, 3.05) is 6.61 Å². The Morgan fingerprint density at radius 1 is 0.549 bits per heavy atom. The standard InChI is InChI=1S/C45H87NO5/c1-4-7-10-13-16-19-20-21-22-23-24-26-29-32-35-38-45(50)51-41(36-33-30-27-18-15-12-9-6-3)39-44(49)46-42(40-47)43(48)37-34-31-28-25-17-14-11-8-5-2/h12,15,41-43,47-48H,4-11,13-14,16-40H2,1-3H3,(H,46,49)/b15-12-. The first-order valence-electron chi connectivity index (χ1n) is 22.4. The molecule has 3 atom stereocenters. The molecule has 0 aromatic rings. The van der Waals surface area contributed by atoms with Gasteiger partial charge in [-0.1, -0.05) is 193 Å². The first-order chi connectivity index (χ1) is 25.0. The summed E-state index contributed by atoms with van der Waals surface area (Å²) in [6.45, 7) is 6.39. The average Bonchev–Trinajstić information content (AvgIpc) is 3.12. The van der Waals surface area contributed by atoms with Crippen LogP contribution in [-0.4, -0.2) is 46.9 Å². The number of amides is 1. The van der Waals surface area contributed by atoms with Crippen LogP contribution in [0, 0.1) is 0 Å². The predicted molar refractivity (Wildman–Crippen MR) is 218 cm³/mol. The Kier molecular flexibility index (Phi) is 38.7. The monoisotopic (exact) mass is 722 g/mol. The Bertz CT molecular complexity index is 772. The molecule has 0 aromatic carbocycles. The van der Waals surface area contributed by atoms with Gasteiger partial charge in [-0.05, 0) is 44.9 Å². The van der Waals surface area contributed by atoms with Gasteiger partial charge in [0.2, 0.25) is 5.91 Å². The molecule has 51 heavy (non-hydrogen) atoms. The molecule has 0 aliphatic heterocycles. The molecular weight excluding hydrogens is 634 g/mol. The van der Waals surface area contributed by atoms with Crippen molar-refractivity contribution >= 4 is 11.9 Å². The van der Waals surface area contributed by atoms with E-state index in [-0.39, 0.29) is 24.9 Å². The van der Waals surface area contributed by atoms with Crippen LogP contribution < -0.4 is 5.32 Å². The summed E-state index contributed by atoms with van der Waals surface area (Å²) in [7, 11) is 0. The molecule has 3 unspecified atom stereocenters. The highest BCUT2D eigenvalue weighted by Crippen LogP contribution is 2.17. The van der Waals surface area contributed by atoms with Crippen LogP contribution in [0.3, 0.4) is 0 Å². The van der Waals surface area contributed by atoms with Crippen LogP contribution in [0.15, 0.2) is 12.2 Å². The second-order valence-electron chi connectivity index (χ2n) is 15.5. The molecule has 0 saturated carbocycles. The molecule has 0 rings (SSSR count). The predicted octanol–water partition coefficient (Wildman–Crippen LogP) is 12.6. The number of esters is 1. The highest BCUT2D eigenvalue weighted by molar-refractivity contribution is 5.77. The number of hydrogen-bond donors (Lipinski definition) is 3. The van der Waals surface area contributed by atoms with Gasteiger partial charge in [-0.15, -0.1) is 0 Å². The molecule has 0 aliphatic carbocycles. The highest BCUT2D eigenvalue weighted by Gasteiger charge is 2.24. The fourth-order valence-electron chi connectivity index (χ4n) is 6.90. The number of hydrogen-bond acceptors (Lipinski definition) is 5. The minimum Gasteiger partial charge on any atom is -0.462 e. The van der Waals surface area contributed by atoms with Crippen LogP contribution in [0.25, 0.3) is 0 Å². The number of unbranched alkanes of at least 4 members (excludes halogenated alkanes) is 26. The van der Waals surface area contributed by atoms with E-state index in [4.69, 9.17) is 4.74 Å². The van der Waals surface area contributed by atoms with Crippen LogP contribution in [-0.2, 0) is 14.3 Å². The van der Waals surface area contributed by atoms with Crippen molar-refractivity contribution < 1.29 is 24.5 Å². The Morgan fingerprint density at radius 2 is 0.980 bits per heavy atom. The Morgan fingerprint density at radius 3 is 1.47 bits per heavy atom. The quantitative estimate of drug-likeness (QED) is 0.0332. The summed E-state index contributed by atoms with van der Waals surface area (Å²) in [6.07, 6.45) is 41.4. The van der Waals surface area contributed by atoms with Crippen molar-refractivity contribution in [1.29, 1.82) is 0 Å². The summed E-state index contributed by atoms with van der Waals surface area (Å²) >= 11 is 0. The minimum absolute atomic E-state index is 0.0717. The molecule has 0 spiro atoms. The van der Waals surface area contributed by atoms with Crippen molar-refractivity contribution in [2.24, 2.45) is 0 Å². The third kappa shape index (κ3) is 35.4. The summed E-state index contributed by atoms with van der Waals surface area (Å²) in [5.41, 5.74) is 0. The van der Waals surface area contributed by atoms with Gasteiger partial charge in [0.15, 0.2) is 0 Å². The molecule has 0 radical (unpaired) electrons. The molecule has 0 fully saturated rings. The lowest BCUT2D eigenvalue weighted by Gasteiger charge is -2.24. The molecule has 302 valence electrons. The molecule has 1 amide bonds. The van der Waals surface area contributed by atoms with Crippen LogP contribution in [0.5, 0.6) is 0 Å². The third-order valence-corrected chi connectivity index (χ3v) is 10.3. The van der Waals surface area contributed by atoms with Gasteiger partial charge < -0.3 is 20.3 Å². The molecule has 0 bridgehead atoms. The maximum atomic E-state index is 13.0. The molecule has 0 saturated heterocycles. The Hall–Kier alpha value is -1.40. The number of allylic oxidation sites excluding steroid dienone is 2. The zero-order valence-corrected chi connectivity index (χ0v) is 34.3. The van der Waals surface area contributed by atoms with E-state index in [1.54, 1.807) is 0 Å². The highest BCUT2D eigenvalue weighted by atomic mass is 16.5. The smallest absolute Gasteiger partial charge is 0.306 e. The van der Waals surface area contributed by atoms with Crippen LogP contribution in [0.1, 0.15) is 239 Å². The first kappa shape index (κ1) is 49.6. The van der Waals surface area contributed by atoms with Gasteiger partial charge in [-0.3, -0.25) is 9.59 Å². The lowest BCUT2D eigenvalue weighted by Crippen LogP contribution is -2.46.